The number of carbonyl (C=O) groups excluding carboxylic acids is 2. The SMILES string of the molecule is O=CCC#Cc1ccc(C(=O)CCl)cc1. The zero-order valence-electron chi connectivity index (χ0n) is 8.00. The van der Waals surface area contributed by atoms with Crippen LogP contribution in [0.5, 0.6) is 0 Å². The van der Waals surface area contributed by atoms with Crippen molar-refractivity contribution in [3.05, 3.63) is 35.4 Å². The van der Waals surface area contributed by atoms with Crippen LogP contribution < -0.4 is 0 Å². The molecule has 0 saturated heterocycles. The fourth-order valence-electron chi connectivity index (χ4n) is 1.01. The Bertz CT molecular complexity index is 409. The molecule has 0 aliphatic carbocycles. The highest BCUT2D eigenvalue weighted by Gasteiger charge is 2.02. The maximum atomic E-state index is 11.2. The Labute approximate surface area is 93.2 Å². The van der Waals surface area contributed by atoms with Crippen LogP contribution in [-0.2, 0) is 4.79 Å². The van der Waals surface area contributed by atoms with Crippen LogP contribution in [-0.4, -0.2) is 17.9 Å². The fraction of sp³-hybridized carbons (Fsp3) is 0.167. The minimum absolute atomic E-state index is 0.0177. The predicted octanol–water partition coefficient (Wildman–Crippen LogP) is 2.05. The zero-order valence-corrected chi connectivity index (χ0v) is 8.75. The van der Waals surface area contributed by atoms with E-state index in [9.17, 15) is 9.59 Å². The summed E-state index contributed by atoms with van der Waals surface area (Å²) in [5, 5.41) is 0. The molecular formula is C12H9ClO2. The van der Waals surface area contributed by atoms with Gasteiger partial charge in [0.15, 0.2) is 5.78 Å². The number of halogens is 1. The maximum Gasteiger partial charge on any atom is 0.177 e. The highest BCUT2D eigenvalue weighted by atomic mass is 35.5. The number of rotatable bonds is 3. The quantitative estimate of drug-likeness (QED) is 0.338. The molecule has 0 amide bonds. The van der Waals surface area contributed by atoms with Crippen molar-refractivity contribution in [1.82, 2.24) is 0 Å². The first-order valence-electron chi connectivity index (χ1n) is 4.39. The summed E-state index contributed by atoms with van der Waals surface area (Å²) in [7, 11) is 0. The van der Waals surface area contributed by atoms with Crippen molar-refractivity contribution in [2.75, 3.05) is 5.88 Å². The monoisotopic (exact) mass is 220 g/mol. The molecule has 0 aliphatic heterocycles. The van der Waals surface area contributed by atoms with E-state index in [2.05, 4.69) is 11.8 Å². The van der Waals surface area contributed by atoms with Crippen LogP contribution >= 0.6 is 11.6 Å². The van der Waals surface area contributed by atoms with Gasteiger partial charge in [-0.15, -0.1) is 11.6 Å². The number of hydrogen-bond acceptors (Lipinski definition) is 2. The Kier molecular flexibility index (Phi) is 4.59. The Morgan fingerprint density at radius 2 is 2.00 bits per heavy atom. The molecule has 0 N–H and O–H groups in total. The maximum absolute atomic E-state index is 11.2. The van der Waals surface area contributed by atoms with Gasteiger partial charge in [0.1, 0.15) is 6.29 Å². The lowest BCUT2D eigenvalue weighted by Crippen LogP contribution is -1.99. The van der Waals surface area contributed by atoms with Crippen molar-refractivity contribution in [1.29, 1.82) is 0 Å². The number of aldehydes is 1. The highest BCUT2D eigenvalue weighted by molar-refractivity contribution is 6.30. The number of hydrogen-bond donors (Lipinski definition) is 0. The van der Waals surface area contributed by atoms with Gasteiger partial charge in [0.25, 0.3) is 0 Å². The van der Waals surface area contributed by atoms with E-state index in [0.717, 1.165) is 11.8 Å². The van der Waals surface area contributed by atoms with Gasteiger partial charge < -0.3 is 4.79 Å². The van der Waals surface area contributed by atoms with E-state index in [-0.39, 0.29) is 18.1 Å². The number of alkyl halides is 1. The molecule has 0 unspecified atom stereocenters. The molecule has 76 valence electrons. The molecule has 0 atom stereocenters. The first-order chi connectivity index (χ1) is 7.27. The van der Waals surface area contributed by atoms with Crippen molar-refractivity contribution in [3.63, 3.8) is 0 Å². The molecule has 1 aromatic rings. The van der Waals surface area contributed by atoms with E-state index in [1.54, 1.807) is 24.3 Å². The van der Waals surface area contributed by atoms with E-state index in [0.29, 0.717) is 5.56 Å². The van der Waals surface area contributed by atoms with Crippen LogP contribution in [0.3, 0.4) is 0 Å². The summed E-state index contributed by atoms with van der Waals surface area (Å²) in [5.74, 6) is 5.36. The molecule has 0 fully saturated rings. The average Bonchev–Trinajstić information content (AvgIpc) is 2.29. The lowest BCUT2D eigenvalue weighted by atomic mass is 10.1. The number of carbonyl (C=O) groups is 2. The molecule has 1 rings (SSSR count). The van der Waals surface area contributed by atoms with E-state index in [1.807, 2.05) is 0 Å². The molecule has 0 aliphatic rings. The van der Waals surface area contributed by atoms with Crippen molar-refractivity contribution in [2.24, 2.45) is 0 Å². The minimum Gasteiger partial charge on any atom is -0.302 e. The van der Waals surface area contributed by atoms with Crippen LogP contribution in [0.4, 0.5) is 0 Å². The van der Waals surface area contributed by atoms with Gasteiger partial charge in [-0.3, -0.25) is 4.79 Å². The van der Waals surface area contributed by atoms with E-state index in [1.165, 1.54) is 0 Å². The standard InChI is InChI=1S/C12H9ClO2/c13-9-12(15)11-6-4-10(5-7-11)3-1-2-8-14/h4-8H,2,9H2. The van der Waals surface area contributed by atoms with Crippen molar-refractivity contribution >= 4 is 23.7 Å². The molecule has 3 heteroatoms. The van der Waals surface area contributed by atoms with Crippen LogP contribution in [0.25, 0.3) is 0 Å². The second kappa shape index (κ2) is 6.00. The van der Waals surface area contributed by atoms with Crippen molar-refractivity contribution < 1.29 is 9.59 Å². The summed E-state index contributed by atoms with van der Waals surface area (Å²) in [6.45, 7) is 0. The van der Waals surface area contributed by atoms with Crippen molar-refractivity contribution in [2.45, 2.75) is 6.42 Å². The number of Topliss-reactive ketones (excluding diaryl/α,β-unsaturated/α-hetero) is 1. The van der Waals surface area contributed by atoms with Gasteiger partial charge in [-0.25, -0.2) is 0 Å². The van der Waals surface area contributed by atoms with E-state index in [4.69, 9.17) is 11.6 Å². The number of benzene rings is 1. The normalized spacial score (nSPS) is 8.87. The summed E-state index contributed by atoms with van der Waals surface area (Å²) < 4.78 is 0. The molecule has 0 spiro atoms. The summed E-state index contributed by atoms with van der Waals surface area (Å²) in [4.78, 5) is 21.2. The van der Waals surface area contributed by atoms with E-state index < -0.39 is 0 Å². The zero-order chi connectivity index (χ0) is 11.1. The predicted molar refractivity (Wildman–Crippen MR) is 59.1 cm³/mol. The second-order valence-corrected chi connectivity index (χ2v) is 3.07. The fourth-order valence-corrected chi connectivity index (χ4v) is 1.17. The molecular weight excluding hydrogens is 212 g/mol. The minimum atomic E-state index is -0.107. The first-order valence-corrected chi connectivity index (χ1v) is 4.93. The third-order valence-corrected chi connectivity index (χ3v) is 1.99. The van der Waals surface area contributed by atoms with Crippen LogP contribution in [0.15, 0.2) is 24.3 Å². The van der Waals surface area contributed by atoms with Crippen LogP contribution in [0.1, 0.15) is 22.3 Å². The Hall–Kier alpha value is -1.59. The summed E-state index contributed by atoms with van der Waals surface area (Å²) in [5.41, 5.74) is 1.36. The molecule has 0 aromatic heterocycles. The molecule has 0 heterocycles. The van der Waals surface area contributed by atoms with Gasteiger partial charge in [-0.1, -0.05) is 24.0 Å². The van der Waals surface area contributed by atoms with Crippen molar-refractivity contribution in [3.8, 4) is 11.8 Å². The highest BCUT2D eigenvalue weighted by Crippen LogP contribution is 2.05. The third-order valence-electron chi connectivity index (χ3n) is 1.75. The first kappa shape index (κ1) is 11.5. The molecule has 0 bridgehead atoms. The van der Waals surface area contributed by atoms with Crippen LogP contribution in [0, 0.1) is 11.8 Å². The van der Waals surface area contributed by atoms with Gasteiger partial charge >= 0.3 is 0 Å². The topological polar surface area (TPSA) is 34.1 Å². The van der Waals surface area contributed by atoms with Gasteiger partial charge in [-0.2, -0.15) is 0 Å². The van der Waals surface area contributed by atoms with E-state index >= 15 is 0 Å². The Balaban J connectivity index is 2.77. The molecule has 2 nitrogen and oxygen atoms in total. The molecule has 1 aromatic carbocycles. The molecule has 0 saturated carbocycles. The Morgan fingerprint density at radius 1 is 1.33 bits per heavy atom. The second-order valence-electron chi connectivity index (χ2n) is 2.81. The van der Waals surface area contributed by atoms with Crippen LogP contribution in [0.2, 0.25) is 0 Å². The summed E-state index contributed by atoms with van der Waals surface area (Å²) >= 11 is 5.41. The lowest BCUT2D eigenvalue weighted by Gasteiger charge is -1.96. The van der Waals surface area contributed by atoms with Gasteiger partial charge in [0.05, 0.1) is 12.3 Å². The smallest absolute Gasteiger partial charge is 0.177 e. The summed E-state index contributed by atoms with van der Waals surface area (Å²) in [6.07, 6.45) is 0.973. The van der Waals surface area contributed by atoms with Gasteiger partial charge in [-0.05, 0) is 12.1 Å². The number of ketones is 1. The average molecular weight is 221 g/mol. The lowest BCUT2D eigenvalue weighted by molar-refractivity contribution is -0.107. The largest absolute Gasteiger partial charge is 0.302 e. The van der Waals surface area contributed by atoms with Gasteiger partial charge in [0.2, 0.25) is 0 Å². The Morgan fingerprint density at radius 3 is 2.53 bits per heavy atom. The summed E-state index contributed by atoms with van der Waals surface area (Å²) in [6, 6.07) is 6.82. The molecule has 0 radical (unpaired) electrons. The molecule has 15 heavy (non-hydrogen) atoms. The third kappa shape index (κ3) is 3.57. The van der Waals surface area contributed by atoms with Gasteiger partial charge in [0, 0.05) is 11.1 Å².